The number of benzene rings is 2. The highest BCUT2D eigenvalue weighted by atomic mass is 19.1. The van der Waals surface area contributed by atoms with Gasteiger partial charge in [0, 0.05) is 17.3 Å². The van der Waals surface area contributed by atoms with E-state index in [2.05, 4.69) is 0 Å². The van der Waals surface area contributed by atoms with Crippen molar-refractivity contribution in [2.45, 2.75) is 13.8 Å². The first-order valence-corrected chi connectivity index (χ1v) is 7.15. The third kappa shape index (κ3) is 2.48. The summed E-state index contributed by atoms with van der Waals surface area (Å²) < 4.78 is 21.0. The van der Waals surface area contributed by atoms with Gasteiger partial charge in [0.2, 0.25) is 0 Å². The van der Waals surface area contributed by atoms with Crippen LogP contribution in [-0.2, 0) is 4.74 Å². The van der Waals surface area contributed by atoms with E-state index in [1.807, 2.05) is 25.1 Å². The Labute approximate surface area is 127 Å². The largest absolute Gasteiger partial charge is 0.462 e. The fourth-order valence-corrected chi connectivity index (χ4v) is 2.58. The molecule has 22 heavy (non-hydrogen) atoms. The summed E-state index contributed by atoms with van der Waals surface area (Å²) in [6.07, 6.45) is 1.80. The Hall–Kier alpha value is -2.62. The Morgan fingerprint density at radius 3 is 2.82 bits per heavy atom. The summed E-state index contributed by atoms with van der Waals surface area (Å²) in [5.74, 6) is -0.654. The number of carbonyl (C=O) groups is 1. The van der Waals surface area contributed by atoms with Gasteiger partial charge in [-0.1, -0.05) is 6.07 Å². The van der Waals surface area contributed by atoms with Crippen LogP contribution in [0.1, 0.15) is 22.8 Å². The number of fused-ring (bicyclic) bond motifs is 1. The predicted molar refractivity (Wildman–Crippen MR) is 83.9 cm³/mol. The zero-order chi connectivity index (χ0) is 15.7. The second-order valence-electron chi connectivity index (χ2n) is 5.14. The Morgan fingerprint density at radius 2 is 2.05 bits per heavy atom. The monoisotopic (exact) mass is 297 g/mol. The van der Waals surface area contributed by atoms with Gasteiger partial charge < -0.3 is 9.30 Å². The summed E-state index contributed by atoms with van der Waals surface area (Å²) in [5, 5.41) is 0.832. The molecule has 0 aliphatic carbocycles. The molecule has 2 aromatic carbocycles. The average Bonchev–Trinajstić information content (AvgIpc) is 2.91. The first-order chi connectivity index (χ1) is 10.6. The molecule has 0 aliphatic heterocycles. The van der Waals surface area contributed by atoms with E-state index in [0.29, 0.717) is 17.7 Å². The van der Waals surface area contributed by atoms with Crippen molar-refractivity contribution >= 4 is 16.9 Å². The molecule has 0 fully saturated rings. The van der Waals surface area contributed by atoms with Crippen molar-refractivity contribution in [1.82, 2.24) is 4.57 Å². The van der Waals surface area contributed by atoms with Gasteiger partial charge in [0.15, 0.2) is 0 Å². The van der Waals surface area contributed by atoms with Crippen molar-refractivity contribution in [3.63, 3.8) is 0 Å². The molecular formula is C18H16FNO2. The topological polar surface area (TPSA) is 31.2 Å². The van der Waals surface area contributed by atoms with E-state index in [-0.39, 0.29) is 11.8 Å². The molecule has 0 spiro atoms. The molecule has 0 amide bonds. The number of carbonyl (C=O) groups excluding carboxylic acids is 1. The maximum absolute atomic E-state index is 14.3. The molecule has 0 aliphatic rings. The standard InChI is InChI=1S/C18H16FNO2/c1-3-22-18(21)14-5-4-6-15(11-14)20-8-7-13-9-12(2)10-16(19)17(13)20/h4-11H,3H2,1-2H3. The number of hydrogen-bond donors (Lipinski definition) is 0. The minimum absolute atomic E-state index is 0.276. The van der Waals surface area contributed by atoms with E-state index in [0.717, 1.165) is 16.6 Å². The van der Waals surface area contributed by atoms with Crippen LogP contribution in [0.5, 0.6) is 0 Å². The van der Waals surface area contributed by atoms with Gasteiger partial charge in [0.05, 0.1) is 17.7 Å². The summed E-state index contributed by atoms with van der Waals surface area (Å²) in [5.41, 5.74) is 2.56. The number of ether oxygens (including phenoxy) is 1. The van der Waals surface area contributed by atoms with Gasteiger partial charge in [-0.2, -0.15) is 0 Å². The quantitative estimate of drug-likeness (QED) is 0.677. The van der Waals surface area contributed by atoms with Crippen LogP contribution in [0.2, 0.25) is 0 Å². The lowest BCUT2D eigenvalue weighted by Crippen LogP contribution is -2.05. The normalized spacial score (nSPS) is 10.9. The first kappa shape index (κ1) is 14.3. The minimum atomic E-state index is -0.378. The molecule has 0 saturated carbocycles. The van der Waals surface area contributed by atoms with E-state index in [1.165, 1.54) is 6.07 Å². The van der Waals surface area contributed by atoms with Crippen molar-refractivity contribution in [3.05, 3.63) is 65.6 Å². The molecule has 0 radical (unpaired) electrons. The highest BCUT2D eigenvalue weighted by molar-refractivity contribution is 5.90. The number of aromatic nitrogens is 1. The maximum atomic E-state index is 14.3. The lowest BCUT2D eigenvalue weighted by Gasteiger charge is -2.09. The molecule has 3 nitrogen and oxygen atoms in total. The fraction of sp³-hybridized carbons (Fsp3) is 0.167. The van der Waals surface area contributed by atoms with Crippen LogP contribution in [0.3, 0.4) is 0 Å². The van der Waals surface area contributed by atoms with Crippen LogP contribution in [0.15, 0.2) is 48.7 Å². The molecule has 0 saturated heterocycles. The molecule has 0 N–H and O–H groups in total. The number of nitrogens with zero attached hydrogens (tertiary/aromatic N) is 1. The molecule has 3 rings (SSSR count). The van der Waals surface area contributed by atoms with E-state index >= 15 is 0 Å². The molecule has 4 heteroatoms. The summed E-state index contributed by atoms with van der Waals surface area (Å²) in [7, 11) is 0. The van der Waals surface area contributed by atoms with Gasteiger partial charge in [-0.15, -0.1) is 0 Å². The lowest BCUT2D eigenvalue weighted by atomic mass is 10.1. The van der Waals surface area contributed by atoms with Crippen LogP contribution in [-0.4, -0.2) is 17.1 Å². The van der Waals surface area contributed by atoms with Crippen LogP contribution in [0, 0.1) is 12.7 Å². The maximum Gasteiger partial charge on any atom is 0.338 e. The highest BCUT2D eigenvalue weighted by Gasteiger charge is 2.12. The van der Waals surface area contributed by atoms with Gasteiger partial charge in [0.1, 0.15) is 5.82 Å². The van der Waals surface area contributed by atoms with Gasteiger partial charge in [0.25, 0.3) is 0 Å². The third-order valence-corrected chi connectivity index (χ3v) is 3.52. The third-order valence-electron chi connectivity index (χ3n) is 3.52. The second kappa shape index (κ2) is 5.64. The van der Waals surface area contributed by atoms with Crippen molar-refractivity contribution < 1.29 is 13.9 Å². The molecule has 0 atom stereocenters. The van der Waals surface area contributed by atoms with E-state index < -0.39 is 0 Å². The Kier molecular flexibility index (Phi) is 3.67. The number of esters is 1. The highest BCUT2D eigenvalue weighted by Crippen LogP contribution is 2.25. The van der Waals surface area contributed by atoms with Crippen LogP contribution >= 0.6 is 0 Å². The molecule has 1 heterocycles. The zero-order valence-corrected chi connectivity index (χ0v) is 12.5. The van der Waals surface area contributed by atoms with Crippen molar-refractivity contribution in [2.75, 3.05) is 6.61 Å². The number of rotatable bonds is 3. The number of hydrogen-bond acceptors (Lipinski definition) is 2. The van der Waals surface area contributed by atoms with Gasteiger partial charge in [-0.05, 0) is 55.8 Å². The molecule has 1 aromatic heterocycles. The van der Waals surface area contributed by atoms with Gasteiger partial charge in [-0.25, -0.2) is 9.18 Å². The Balaban J connectivity index is 2.12. The molecule has 3 aromatic rings. The van der Waals surface area contributed by atoms with Gasteiger partial charge in [-0.3, -0.25) is 0 Å². The zero-order valence-electron chi connectivity index (χ0n) is 12.5. The van der Waals surface area contributed by atoms with Crippen molar-refractivity contribution in [3.8, 4) is 5.69 Å². The van der Waals surface area contributed by atoms with Crippen LogP contribution in [0.25, 0.3) is 16.6 Å². The molecule has 112 valence electrons. The number of halogens is 1. The fourth-order valence-electron chi connectivity index (χ4n) is 2.58. The molecule has 0 bridgehead atoms. The predicted octanol–water partition coefficient (Wildman–Crippen LogP) is 4.25. The van der Waals surface area contributed by atoms with E-state index in [4.69, 9.17) is 4.74 Å². The first-order valence-electron chi connectivity index (χ1n) is 7.15. The van der Waals surface area contributed by atoms with E-state index in [1.54, 1.807) is 35.9 Å². The molecule has 0 unspecified atom stereocenters. The Morgan fingerprint density at radius 1 is 1.23 bits per heavy atom. The van der Waals surface area contributed by atoms with Gasteiger partial charge >= 0.3 is 5.97 Å². The van der Waals surface area contributed by atoms with E-state index in [9.17, 15) is 9.18 Å². The summed E-state index contributed by atoms with van der Waals surface area (Å²) in [6, 6.07) is 12.3. The second-order valence-corrected chi connectivity index (χ2v) is 5.14. The van der Waals surface area contributed by atoms with Crippen LogP contribution < -0.4 is 0 Å². The smallest absolute Gasteiger partial charge is 0.338 e. The van der Waals surface area contributed by atoms with Crippen molar-refractivity contribution in [1.29, 1.82) is 0 Å². The minimum Gasteiger partial charge on any atom is -0.462 e. The lowest BCUT2D eigenvalue weighted by molar-refractivity contribution is 0.0526. The summed E-state index contributed by atoms with van der Waals surface area (Å²) >= 11 is 0. The number of aryl methyl sites for hydroxylation is 1. The average molecular weight is 297 g/mol. The molecular weight excluding hydrogens is 281 g/mol. The summed E-state index contributed by atoms with van der Waals surface area (Å²) in [4.78, 5) is 11.8. The summed E-state index contributed by atoms with van der Waals surface area (Å²) in [6.45, 7) is 3.95. The van der Waals surface area contributed by atoms with Crippen LogP contribution in [0.4, 0.5) is 4.39 Å². The Bertz CT molecular complexity index is 851. The van der Waals surface area contributed by atoms with Crippen molar-refractivity contribution in [2.24, 2.45) is 0 Å². The SMILES string of the molecule is CCOC(=O)c1cccc(-n2ccc3cc(C)cc(F)c32)c1.